The molecular formula is C25H52O6Si. The summed E-state index contributed by atoms with van der Waals surface area (Å²) in [5.41, 5.74) is 0. The van der Waals surface area contributed by atoms with Gasteiger partial charge in [-0.1, -0.05) is 60.8 Å². The van der Waals surface area contributed by atoms with E-state index in [1.54, 1.807) is 7.11 Å². The summed E-state index contributed by atoms with van der Waals surface area (Å²) in [6.07, 6.45) is 4.66. The maximum absolute atomic E-state index is 6.55. The fraction of sp³-hybridized carbons (Fsp3) is 1.00. The van der Waals surface area contributed by atoms with Crippen molar-refractivity contribution in [1.82, 2.24) is 0 Å². The summed E-state index contributed by atoms with van der Waals surface area (Å²) < 4.78 is 37.8. The normalized spacial score (nSPS) is 27.1. The van der Waals surface area contributed by atoms with Gasteiger partial charge in [-0.25, -0.2) is 0 Å². The number of methoxy groups -OCH3 is 1. The van der Waals surface area contributed by atoms with Gasteiger partial charge in [-0.05, 0) is 37.4 Å². The zero-order chi connectivity index (χ0) is 24.2. The minimum atomic E-state index is -1.93. The lowest BCUT2D eigenvalue weighted by molar-refractivity contribution is -0.316. The van der Waals surface area contributed by atoms with Crippen LogP contribution in [0.1, 0.15) is 80.1 Å². The third kappa shape index (κ3) is 9.32. The van der Waals surface area contributed by atoms with Crippen molar-refractivity contribution < 1.29 is 28.1 Å². The summed E-state index contributed by atoms with van der Waals surface area (Å²) >= 11 is 0. The van der Waals surface area contributed by atoms with Gasteiger partial charge in [-0.2, -0.15) is 0 Å². The molecule has 1 fully saturated rings. The van der Waals surface area contributed by atoms with Crippen LogP contribution in [0.5, 0.6) is 0 Å². The summed E-state index contributed by atoms with van der Waals surface area (Å²) in [6.45, 7) is 20.3. The predicted molar refractivity (Wildman–Crippen MR) is 133 cm³/mol. The number of hydrogen-bond donors (Lipinski definition) is 0. The number of unbranched alkanes of at least 4 members (excludes halogenated alkanes) is 3. The summed E-state index contributed by atoms with van der Waals surface area (Å²) in [4.78, 5) is 0. The molecule has 1 heterocycles. The van der Waals surface area contributed by atoms with E-state index < -0.39 is 14.6 Å². The largest absolute Gasteiger partial charge is 0.414 e. The highest BCUT2D eigenvalue weighted by atomic mass is 28.4. The van der Waals surface area contributed by atoms with Crippen molar-refractivity contribution in [2.45, 2.75) is 129 Å². The van der Waals surface area contributed by atoms with Crippen molar-refractivity contribution >= 4 is 8.32 Å². The molecule has 0 radical (unpaired) electrons. The number of rotatable bonds is 16. The average molecular weight is 477 g/mol. The molecule has 192 valence electrons. The predicted octanol–water partition coefficient (Wildman–Crippen LogP) is 5.94. The third-order valence-corrected chi connectivity index (χ3v) is 11.2. The summed E-state index contributed by atoms with van der Waals surface area (Å²) in [5.74, 6) is 0. The van der Waals surface area contributed by atoms with Crippen LogP contribution in [0.25, 0.3) is 0 Å². The van der Waals surface area contributed by atoms with Crippen LogP contribution in [-0.2, 0) is 28.1 Å². The van der Waals surface area contributed by atoms with Gasteiger partial charge in [0.15, 0.2) is 14.6 Å². The van der Waals surface area contributed by atoms with Gasteiger partial charge in [-0.15, -0.1) is 0 Å². The van der Waals surface area contributed by atoms with Crippen molar-refractivity contribution in [2.24, 2.45) is 0 Å². The van der Waals surface area contributed by atoms with Crippen molar-refractivity contribution in [3.63, 3.8) is 0 Å². The molecule has 1 rings (SSSR count). The van der Waals surface area contributed by atoms with Gasteiger partial charge in [0.05, 0.1) is 6.61 Å². The Balaban J connectivity index is 3.10. The first-order valence-electron chi connectivity index (χ1n) is 12.8. The van der Waals surface area contributed by atoms with Crippen LogP contribution in [-0.4, -0.2) is 72.6 Å². The highest BCUT2D eigenvalue weighted by Gasteiger charge is 2.49. The molecule has 1 saturated heterocycles. The summed E-state index contributed by atoms with van der Waals surface area (Å²) in [5, 5.41) is 0.129. The van der Waals surface area contributed by atoms with E-state index in [9.17, 15) is 0 Å². The second-order valence-corrected chi connectivity index (χ2v) is 15.2. The van der Waals surface area contributed by atoms with Crippen LogP contribution < -0.4 is 0 Å². The van der Waals surface area contributed by atoms with E-state index in [-0.39, 0.29) is 29.5 Å². The third-order valence-electron chi connectivity index (χ3n) is 6.66. The Kier molecular flexibility index (Phi) is 14.1. The SMILES string of the molecule is CCCCO[C@@H]1[C@@H](OCCCC)[C@@H](OC)O[C@H](CO[Si](C)(C)C(C)(C)C)[C@H]1OCCCC. The Morgan fingerprint density at radius 1 is 0.750 bits per heavy atom. The lowest BCUT2D eigenvalue weighted by atomic mass is 9.98. The quantitative estimate of drug-likeness (QED) is 0.203. The molecule has 6 nitrogen and oxygen atoms in total. The maximum Gasteiger partial charge on any atom is 0.192 e. The zero-order valence-corrected chi connectivity index (χ0v) is 23.4. The first-order valence-corrected chi connectivity index (χ1v) is 15.7. The Morgan fingerprint density at radius 3 is 1.66 bits per heavy atom. The van der Waals surface area contributed by atoms with E-state index in [1.165, 1.54) is 0 Å². The first kappa shape index (κ1) is 30.0. The lowest BCUT2D eigenvalue weighted by Gasteiger charge is -2.46. The van der Waals surface area contributed by atoms with Crippen LogP contribution in [0.3, 0.4) is 0 Å². The molecule has 0 aromatic carbocycles. The van der Waals surface area contributed by atoms with E-state index >= 15 is 0 Å². The molecule has 0 amide bonds. The van der Waals surface area contributed by atoms with Crippen molar-refractivity contribution in [2.75, 3.05) is 33.5 Å². The fourth-order valence-electron chi connectivity index (χ4n) is 3.37. The maximum atomic E-state index is 6.55. The zero-order valence-electron chi connectivity index (χ0n) is 22.4. The smallest absolute Gasteiger partial charge is 0.192 e. The van der Waals surface area contributed by atoms with Crippen LogP contribution in [0.2, 0.25) is 18.1 Å². The Hall–Kier alpha value is -0.0231. The molecule has 7 heteroatoms. The van der Waals surface area contributed by atoms with Crippen LogP contribution in [0.15, 0.2) is 0 Å². The molecule has 1 aliphatic heterocycles. The molecule has 0 unspecified atom stereocenters. The van der Waals surface area contributed by atoms with Crippen molar-refractivity contribution in [3.05, 3.63) is 0 Å². The summed E-state index contributed by atoms with van der Waals surface area (Å²) in [6, 6.07) is 0. The highest BCUT2D eigenvalue weighted by molar-refractivity contribution is 6.74. The van der Waals surface area contributed by atoms with Crippen molar-refractivity contribution in [3.8, 4) is 0 Å². The molecule has 0 N–H and O–H groups in total. The molecule has 0 bridgehead atoms. The fourth-order valence-corrected chi connectivity index (χ4v) is 4.38. The van der Waals surface area contributed by atoms with Crippen LogP contribution in [0, 0.1) is 0 Å². The standard InChI is InChI=1S/C25H52O6Si/c1-10-13-16-27-21-20(19-30-32(8,9)25(4,5)6)31-24(26-7)23(29-18-15-12-3)22(21)28-17-14-11-2/h20-24H,10-19H2,1-9H3/t20-,21-,22+,23-,24+/m1/s1. The minimum absolute atomic E-state index is 0.129. The van der Waals surface area contributed by atoms with E-state index in [1.807, 2.05) is 0 Å². The second kappa shape index (κ2) is 15.1. The number of ether oxygens (including phenoxy) is 5. The molecule has 32 heavy (non-hydrogen) atoms. The van der Waals surface area contributed by atoms with Gasteiger partial charge in [0.1, 0.15) is 24.4 Å². The minimum Gasteiger partial charge on any atom is -0.414 e. The molecule has 0 aromatic heterocycles. The lowest BCUT2D eigenvalue weighted by Crippen LogP contribution is -2.62. The molecule has 0 spiro atoms. The number of hydrogen-bond acceptors (Lipinski definition) is 6. The average Bonchev–Trinajstić information content (AvgIpc) is 2.73. The van der Waals surface area contributed by atoms with E-state index in [2.05, 4.69) is 54.6 Å². The Bertz CT molecular complexity index is 482. The second-order valence-electron chi connectivity index (χ2n) is 10.4. The van der Waals surface area contributed by atoms with E-state index in [0.29, 0.717) is 26.4 Å². The first-order chi connectivity index (χ1) is 15.1. The molecule has 5 atom stereocenters. The highest BCUT2D eigenvalue weighted by Crippen LogP contribution is 2.37. The molecular weight excluding hydrogens is 424 g/mol. The van der Waals surface area contributed by atoms with Crippen molar-refractivity contribution in [1.29, 1.82) is 0 Å². The Morgan fingerprint density at radius 2 is 1.22 bits per heavy atom. The van der Waals surface area contributed by atoms with Gasteiger partial charge in [-0.3, -0.25) is 0 Å². The molecule has 0 aromatic rings. The van der Waals surface area contributed by atoms with E-state index in [0.717, 1.165) is 38.5 Å². The molecule has 0 saturated carbocycles. The summed E-state index contributed by atoms with van der Waals surface area (Å²) in [7, 11) is -0.259. The molecule has 0 aliphatic carbocycles. The van der Waals surface area contributed by atoms with Gasteiger partial charge in [0, 0.05) is 26.9 Å². The van der Waals surface area contributed by atoms with Crippen LogP contribution in [0.4, 0.5) is 0 Å². The molecule has 1 aliphatic rings. The van der Waals surface area contributed by atoms with Gasteiger partial charge in [0.25, 0.3) is 0 Å². The van der Waals surface area contributed by atoms with Gasteiger partial charge in [0.2, 0.25) is 0 Å². The monoisotopic (exact) mass is 476 g/mol. The van der Waals surface area contributed by atoms with Gasteiger partial charge < -0.3 is 28.1 Å². The van der Waals surface area contributed by atoms with Crippen LogP contribution >= 0.6 is 0 Å². The Labute approximate surface area is 199 Å². The van der Waals surface area contributed by atoms with Gasteiger partial charge >= 0.3 is 0 Å². The van der Waals surface area contributed by atoms with E-state index in [4.69, 9.17) is 28.1 Å². The topological polar surface area (TPSA) is 55.4 Å².